The first kappa shape index (κ1) is 18.6. The minimum atomic E-state index is -0.554. The van der Waals surface area contributed by atoms with Crippen LogP contribution in [0.2, 0.25) is 0 Å². The second-order valence-electron chi connectivity index (χ2n) is 5.34. The van der Waals surface area contributed by atoms with Crippen LogP contribution in [0.5, 0.6) is 0 Å². The molecule has 7 heteroatoms. The number of nitrogens with one attached hydrogen (secondary N) is 1. The number of nitrogens with two attached hydrogens (primary N) is 1. The van der Waals surface area contributed by atoms with E-state index in [9.17, 15) is 14.9 Å². The molecule has 0 saturated heterocycles. The van der Waals surface area contributed by atoms with Crippen molar-refractivity contribution in [3.05, 3.63) is 57.8 Å². The maximum atomic E-state index is 12.5. The van der Waals surface area contributed by atoms with Gasteiger partial charge in [-0.25, -0.2) is 4.79 Å². The first-order valence-electron chi connectivity index (χ1n) is 7.74. The van der Waals surface area contributed by atoms with E-state index in [-0.39, 0.29) is 12.4 Å². The predicted molar refractivity (Wildman–Crippen MR) is 95.9 cm³/mol. The van der Waals surface area contributed by atoms with E-state index in [0.717, 1.165) is 17.3 Å². The molecule has 2 rings (SSSR count). The predicted octanol–water partition coefficient (Wildman–Crippen LogP) is 2.16. The average Bonchev–Trinajstić information content (AvgIpc) is 2.60. The summed E-state index contributed by atoms with van der Waals surface area (Å²) in [6.45, 7) is 3.73. The monoisotopic (exact) mass is 357 g/mol. The van der Waals surface area contributed by atoms with Crippen molar-refractivity contribution in [3.63, 3.8) is 0 Å². The molecule has 0 saturated carbocycles. The van der Waals surface area contributed by atoms with Crippen LogP contribution >= 0.6 is 11.8 Å². The van der Waals surface area contributed by atoms with Crippen molar-refractivity contribution in [2.45, 2.75) is 19.8 Å². The normalized spacial score (nSPS) is 16.9. The van der Waals surface area contributed by atoms with Crippen LogP contribution in [0.1, 0.15) is 25.3 Å². The topological polar surface area (TPSA) is 105 Å². The van der Waals surface area contributed by atoms with Gasteiger partial charge in [0.2, 0.25) is 5.91 Å². The molecule has 0 bridgehead atoms. The summed E-state index contributed by atoms with van der Waals surface area (Å²) in [5, 5.41) is 13.3. The Morgan fingerprint density at radius 2 is 2.04 bits per heavy atom. The Balaban J connectivity index is 2.55. The first-order valence-corrected chi connectivity index (χ1v) is 8.73. The maximum Gasteiger partial charge on any atom is 0.336 e. The molecule has 6 nitrogen and oxygen atoms in total. The Morgan fingerprint density at radius 1 is 1.36 bits per heavy atom. The molecule has 25 heavy (non-hydrogen) atoms. The fraction of sp³-hybridized carbons (Fsp3) is 0.278. The summed E-state index contributed by atoms with van der Waals surface area (Å²) in [4.78, 5) is 23.6. The molecular weight excluding hydrogens is 338 g/mol. The Kier molecular flexibility index (Phi) is 6.25. The Hall–Kier alpha value is -2.72. The van der Waals surface area contributed by atoms with Gasteiger partial charge in [-0.1, -0.05) is 42.1 Å². The minimum Gasteiger partial charge on any atom is -0.463 e. The number of carbonyl (C=O) groups is 2. The van der Waals surface area contributed by atoms with Crippen LogP contribution in [0.25, 0.3) is 0 Å². The van der Waals surface area contributed by atoms with Gasteiger partial charge in [-0.2, -0.15) is 5.26 Å². The minimum absolute atomic E-state index is 0.0387. The highest BCUT2D eigenvalue weighted by Crippen LogP contribution is 2.40. The number of ether oxygens (including phenoxy) is 1. The third kappa shape index (κ3) is 4.22. The van der Waals surface area contributed by atoms with E-state index in [4.69, 9.17) is 10.5 Å². The molecule has 0 radical (unpaired) electrons. The van der Waals surface area contributed by atoms with E-state index in [1.54, 1.807) is 13.8 Å². The van der Waals surface area contributed by atoms with Crippen molar-refractivity contribution in [2.75, 3.05) is 12.4 Å². The van der Waals surface area contributed by atoms with Crippen LogP contribution in [0, 0.1) is 11.3 Å². The highest BCUT2D eigenvalue weighted by atomic mass is 32.2. The van der Waals surface area contributed by atoms with Gasteiger partial charge in [0.1, 0.15) is 0 Å². The SMILES string of the molecule is CCOC(=O)C1=C(C)NC(SCC(N)=O)=C(C#N)[C@H]1c1ccccc1. The van der Waals surface area contributed by atoms with Crippen molar-refractivity contribution in [1.82, 2.24) is 5.32 Å². The summed E-state index contributed by atoms with van der Waals surface area (Å²) in [5.74, 6) is -1.46. The van der Waals surface area contributed by atoms with Crippen LogP contribution in [0.3, 0.4) is 0 Å². The maximum absolute atomic E-state index is 12.5. The Bertz CT molecular complexity index is 779. The van der Waals surface area contributed by atoms with E-state index in [2.05, 4.69) is 11.4 Å². The second-order valence-corrected chi connectivity index (χ2v) is 6.32. The van der Waals surface area contributed by atoms with Gasteiger partial charge in [-0.15, -0.1) is 0 Å². The van der Waals surface area contributed by atoms with Crippen LogP contribution in [-0.4, -0.2) is 24.2 Å². The number of rotatable bonds is 6. The number of thioether (sulfide) groups is 1. The van der Waals surface area contributed by atoms with Crippen LogP contribution in [0.15, 0.2) is 52.2 Å². The fourth-order valence-electron chi connectivity index (χ4n) is 2.63. The van der Waals surface area contributed by atoms with Gasteiger partial charge < -0.3 is 15.8 Å². The molecule has 1 aromatic carbocycles. The fourth-order valence-corrected chi connectivity index (χ4v) is 3.46. The molecule has 130 valence electrons. The van der Waals surface area contributed by atoms with Gasteiger partial charge in [-0.05, 0) is 19.4 Å². The number of carbonyl (C=O) groups excluding carboxylic acids is 2. The summed E-state index contributed by atoms with van der Waals surface area (Å²) in [5.41, 5.74) is 7.38. The Morgan fingerprint density at radius 3 is 2.60 bits per heavy atom. The van der Waals surface area contributed by atoms with Crippen LogP contribution in [0.4, 0.5) is 0 Å². The van der Waals surface area contributed by atoms with E-state index in [1.165, 1.54) is 0 Å². The molecule has 1 aromatic rings. The lowest BCUT2D eigenvalue weighted by Gasteiger charge is -2.29. The quantitative estimate of drug-likeness (QED) is 0.756. The van der Waals surface area contributed by atoms with Crippen LogP contribution in [-0.2, 0) is 14.3 Å². The van der Waals surface area contributed by atoms with E-state index >= 15 is 0 Å². The molecule has 1 amide bonds. The largest absolute Gasteiger partial charge is 0.463 e. The lowest BCUT2D eigenvalue weighted by atomic mass is 9.82. The lowest BCUT2D eigenvalue weighted by Crippen LogP contribution is -2.29. The second kappa shape index (κ2) is 8.40. The third-order valence-corrected chi connectivity index (χ3v) is 4.67. The molecular formula is C18H19N3O3S. The number of dihydropyridines is 1. The summed E-state index contributed by atoms with van der Waals surface area (Å²) in [7, 11) is 0. The molecule has 1 heterocycles. The number of primary amides is 1. The van der Waals surface area contributed by atoms with Crippen LogP contribution < -0.4 is 11.1 Å². The highest BCUT2D eigenvalue weighted by Gasteiger charge is 2.35. The summed E-state index contributed by atoms with van der Waals surface area (Å²) < 4.78 is 5.18. The zero-order chi connectivity index (χ0) is 18.4. The molecule has 0 spiro atoms. The summed E-state index contributed by atoms with van der Waals surface area (Å²) in [6.07, 6.45) is 0. The highest BCUT2D eigenvalue weighted by molar-refractivity contribution is 8.03. The number of esters is 1. The number of hydrogen-bond donors (Lipinski definition) is 2. The third-order valence-electron chi connectivity index (χ3n) is 3.63. The first-order chi connectivity index (χ1) is 12.0. The molecule has 0 aromatic heterocycles. The molecule has 0 unspecified atom stereocenters. The van der Waals surface area contributed by atoms with Gasteiger partial charge in [0.25, 0.3) is 0 Å². The average molecular weight is 357 g/mol. The van der Waals surface area contributed by atoms with Crippen molar-refractivity contribution in [1.29, 1.82) is 5.26 Å². The van der Waals surface area contributed by atoms with Gasteiger partial charge >= 0.3 is 5.97 Å². The van der Waals surface area contributed by atoms with Gasteiger partial charge in [-0.3, -0.25) is 4.79 Å². The zero-order valence-electron chi connectivity index (χ0n) is 14.0. The number of amides is 1. The van der Waals surface area contributed by atoms with E-state index in [0.29, 0.717) is 21.9 Å². The summed E-state index contributed by atoms with van der Waals surface area (Å²) >= 11 is 1.15. The van der Waals surface area contributed by atoms with Gasteiger partial charge in [0.15, 0.2) is 0 Å². The molecule has 0 aliphatic carbocycles. The zero-order valence-corrected chi connectivity index (χ0v) is 14.9. The molecule has 1 aliphatic rings. The smallest absolute Gasteiger partial charge is 0.336 e. The van der Waals surface area contributed by atoms with Crippen molar-refractivity contribution in [2.24, 2.45) is 5.73 Å². The van der Waals surface area contributed by atoms with Crippen molar-refractivity contribution in [3.8, 4) is 6.07 Å². The summed E-state index contributed by atoms with van der Waals surface area (Å²) in [6, 6.07) is 11.5. The number of nitriles is 1. The van der Waals surface area contributed by atoms with E-state index < -0.39 is 17.8 Å². The molecule has 1 aliphatic heterocycles. The van der Waals surface area contributed by atoms with Gasteiger partial charge in [0, 0.05) is 5.70 Å². The Labute approximate surface area is 150 Å². The standard InChI is InChI=1S/C18H19N3O3S/c1-3-24-18(23)15-11(2)21-17(25-10-14(20)22)13(9-19)16(15)12-7-5-4-6-8-12/h4-8,16,21H,3,10H2,1-2H3,(H2,20,22)/t16-/m1/s1. The lowest BCUT2D eigenvalue weighted by molar-refractivity contribution is -0.138. The van der Waals surface area contributed by atoms with E-state index in [1.807, 2.05) is 30.3 Å². The van der Waals surface area contributed by atoms with Gasteiger partial charge in [0.05, 0.1) is 40.5 Å². The molecule has 1 atom stereocenters. The number of nitrogens with zero attached hydrogens (tertiary/aromatic N) is 1. The molecule has 3 N–H and O–H groups in total. The number of hydrogen-bond acceptors (Lipinski definition) is 6. The van der Waals surface area contributed by atoms with Crippen molar-refractivity contribution < 1.29 is 14.3 Å². The number of allylic oxidation sites excluding steroid dienone is 2. The van der Waals surface area contributed by atoms with Crippen molar-refractivity contribution >= 4 is 23.6 Å². The molecule has 0 fully saturated rings. The number of benzene rings is 1.